The van der Waals surface area contributed by atoms with Gasteiger partial charge in [-0.2, -0.15) is 5.26 Å². The molecule has 0 bridgehead atoms. The van der Waals surface area contributed by atoms with Crippen LogP contribution in [-0.4, -0.2) is 15.7 Å². The Labute approximate surface area is 79.8 Å². The molecular formula is C7H6ClN3S. The highest BCUT2D eigenvalue weighted by atomic mass is 35.5. The third kappa shape index (κ3) is 2.10. The molecule has 62 valence electrons. The monoisotopic (exact) mass is 199 g/mol. The first kappa shape index (κ1) is 9.30. The third-order valence-electron chi connectivity index (χ3n) is 1.13. The second-order valence-electron chi connectivity index (χ2n) is 1.90. The van der Waals surface area contributed by atoms with E-state index in [2.05, 4.69) is 9.97 Å². The summed E-state index contributed by atoms with van der Waals surface area (Å²) >= 11 is 7.05. The second-order valence-corrected chi connectivity index (χ2v) is 3.49. The molecule has 0 fully saturated rings. The zero-order valence-corrected chi connectivity index (χ0v) is 7.98. The van der Waals surface area contributed by atoms with E-state index >= 15 is 0 Å². The number of nitriles is 1. The van der Waals surface area contributed by atoms with Gasteiger partial charge in [0.25, 0.3) is 0 Å². The average molecular weight is 200 g/mol. The highest BCUT2D eigenvalue weighted by Crippen LogP contribution is 2.19. The van der Waals surface area contributed by atoms with Gasteiger partial charge in [0.1, 0.15) is 16.7 Å². The van der Waals surface area contributed by atoms with Crippen molar-refractivity contribution in [3.8, 4) is 6.07 Å². The van der Waals surface area contributed by atoms with Gasteiger partial charge in [-0.05, 0) is 17.4 Å². The van der Waals surface area contributed by atoms with Crippen molar-refractivity contribution in [1.29, 1.82) is 5.26 Å². The molecular weight excluding hydrogens is 194 g/mol. The molecule has 0 amide bonds. The number of hydrogen-bond donors (Lipinski definition) is 0. The van der Waals surface area contributed by atoms with Crippen molar-refractivity contribution in [3.05, 3.63) is 17.0 Å². The molecule has 0 radical (unpaired) electrons. The summed E-state index contributed by atoms with van der Waals surface area (Å²) in [5.41, 5.74) is 0.478. The molecule has 12 heavy (non-hydrogen) atoms. The van der Waals surface area contributed by atoms with Gasteiger partial charge in [0.05, 0.1) is 6.20 Å². The second kappa shape index (κ2) is 4.29. The minimum absolute atomic E-state index is 0.185. The van der Waals surface area contributed by atoms with Crippen LogP contribution in [0, 0.1) is 11.3 Å². The van der Waals surface area contributed by atoms with Gasteiger partial charge in [-0.3, -0.25) is 0 Å². The first-order valence-corrected chi connectivity index (χ1v) is 4.69. The minimum Gasteiger partial charge on any atom is -0.225 e. The Morgan fingerprint density at radius 2 is 2.50 bits per heavy atom. The van der Waals surface area contributed by atoms with E-state index in [4.69, 9.17) is 16.9 Å². The SMILES string of the molecule is CCSc1nc(Cl)ncc1C#N. The number of hydrogen-bond acceptors (Lipinski definition) is 4. The molecule has 0 saturated carbocycles. The van der Waals surface area contributed by atoms with Gasteiger partial charge in [-0.25, -0.2) is 9.97 Å². The molecule has 1 heterocycles. The van der Waals surface area contributed by atoms with E-state index < -0.39 is 0 Å². The molecule has 5 heteroatoms. The number of halogens is 1. The van der Waals surface area contributed by atoms with Gasteiger partial charge in [0, 0.05) is 0 Å². The molecule has 0 saturated heterocycles. The highest BCUT2D eigenvalue weighted by Gasteiger charge is 2.04. The number of nitrogens with zero attached hydrogens (tertiary/aromatic N) is 3. The maximum Gasteiger partial charge on any atom is 0.223 e. The van der Waals surface area contributed by atoms with Crippen LogP contribution in [0.2, 0.25) is 5.28 Å². The fraction of sp³-hybridized carbons (Fsp3) is 0.286. The van der Waals surface area contributed by atoms with Gasteiger partial charge < -0.3 is 0 Å². The summed E-state index contributed by atoms with van der Waals surface area (Å²) in [5.74, 6) is 0.863. The van der Waals surface area contributed by atoms with E-state index in [1.807, 2.05) is 13.0 Å². The van der Waals surface area contributed by atoms with Gasteiger partial charge in [0.15, 0.2) is 0 Å². The zero-order valence-electron chi connectivity index (χ0n) is 6.41. The molecule has 0 aliphatic heterocycles. The normalized spacial score (nSPS) is 9.42. The smallest absolute Gasteiger partial charge is 0.223 e. The maximum absolute atomic E-state index is 8.65. The Hall–Kier alpha value is -0.790. The van der Waals surface area contributed by atoms with E-state index in [1.165, 1.54) is 18.0 Å². The van der Waals surface area contributed by atoms with Crippen LogP contribution in [-0.2, 0) is 0 Å². The summed E-state index contributed by atoms with van der Waals surface area (Å²) < 4.78 is 0. The Kier molecular flexibility index (Phi) is 3.32. The van der Waals surface area contributed by atoms with Crippen molar-refractivity contribution in [2.75, 3.05) is 5.75 Å². The van der Waals surface area contributed by atoms with E-state index in [9.17, 15) is 0 Å². The van der Waals surface area contributed by atoms with Crippen molar-refractivity contribution in [1.82, 2.24) is 9.97 Å². The molecule has 0 aliphatic carbocycles. The summed E-state index contributed by atoms with van der Waals surface area (Å²) in [4.78, 5) is 7.64. The van der Waals surface area contributed by atoms with Gasteiger partial charge in [-0.1, -0.05) is 6.92 Å². The van der Waals surface area contributed by atoms with Crippen LogP contribution in [0.1, 0.15) is 12.5 Å². The lowest BCUT2D eigenvalue weighted by molar-refractivity contribution is 1.03. The largest absolute Gasteiger partial charge is 0.225 e. The van der Waals surface area contributed by atoms with Crippen LogP contribution in [0.5, 0.6) is 0 Å². The molecule has 1 aromatic heterocycles. The predicted octanol–water partition coefficient (Wildman–Crippen LogP) is 2.11. The van der Waals surface area contributed by atoms with Crippen molar-refractivity contribution >= 4 is 23.4 Å². The van der Waals surface area contributed by atoms with Crippen molar-refractivity contribution < 1.29 is 0 Å². The summed E-state index contributed by atoms with van der Waals surface area (Å²) in [5, 5.41) is 9.49. The minimum atomic E-state index is 0.185. The van der Waals surface area contributed by atoms with Gasteiger partial charge >= 0.3 is 0 Å². The van der Waals surface area contributed by atoms with Crippen LogP contribution in [0.15, 0.2) is 11.2 Å². The number of thioether (sulfide) groups is 1. The third-order valence-corrected chi connectivity index (χ3v) is 2.18. The fourth-order valence-corrected chi connectivity index (χ4v) is 1.53. The molecule has 0 spiro atoms. The van der Waals surface area contributed by atoms with E-state index in [0.717, 1.165) is 5.75 Å². The summed E-state index contributed by atoms with van der Waals surface area (Å²) in [6.07, 6.45) is 1.44. The van der Waals surface area contributed by atoms with Gasteiger partial charge in [-0.15, -0.1) is 11.8 Å². The maximum atomic E-state index is 8.65. The van der Waals surface area contributed by atoms with Crippen LogP contribution < -0.4 is 0 Å². The molecule has 0 aliphatic rings. The first-order valence-electron chi connectivity index (χ1n) is 3.33. The lowest BCUT2D eigenvalue weighted by Crippen LogP contribution is -1.90. The quantitative estimate of drug-likeness (QED) is 0.416. The Morgan fingerprint density at radius 3 is 3.08 bits per heavy atom. The van der Waals surface area contributed by atoms with Crippen molar-refractivity contribution in [2.24, 2.45) is 0 Å². The summed E-state index contributed by atoms with van der Waals surface area (Å²) in [7, 11) is 0. The average Bonchev–Trinajstić information content (AvgIpc) is 2.05. The predicted molar refractivity (Wildman–Crippen MR) is 48.2 cm³/mol. The molecule has 3 nitrogen and oxygen atoms in total. The number of rotatable bonds is 2. The Balaban J connectivity index is 3.06. The Morgan fingerprint density at radius 1 is 1.75 bits per heavy atom. The van der Waals surface area contributed by atoms with Crippen LogP contribution in [0.3, 0.4) is 0 Å². The standard InChI is InChI=1S/C7H6ClN3S/c1-2-12-6-5(3-9)4-10-7(8)11-6/h4H,2H2,1H3. The molecule has 1 rings (SSSR count). The van der Waals surface area contributed by atoms with Crippen LogP contribution in [0.25, 0.3) is 0 Å². The van der Waals surface area contributed by atoms with E-state index in [1.54, 1.807) is 0 Å². The topological polar surface area (TPSA) is 49.6 Å². The molecule has 1 aromatic rings. The zero-order chi connectivity index (χ0) is 8.97. The lowest BCUT2D eigenvalue weighted by atomic mass is 10.4. The first-order chi connectivity index (χ1) is 5.77. The molecule has 0 N–H and O–H groups in total. The highest BCUT2D eigenvalue weighted by molar-refractivity contribution is 7.99. The molecule has 0 aromatic carbocycles. The van der Waals surface area contributed by atoms with E-state index in [0.29, 0.717) is 10.6 Å². The van der Waals surface area contributed by atoms with E-state index in [-0.39, 0.29) is 5.28 Å². The van der Waals surface area contributed by atoms with Gasteiger partial charge in [0.2, 0.25) is 5.28 Å². The lowest BCUT2D eigenvalue weighted by Gasteiger charge is -1.98. The van der Waals surface area contributed by atoms with Crippen LogP contribution in [0.4, 0.5) is 0 Å². The van der Waals surface area contributed by atoms with Crippen LogP contribution >= 0.6 is 23.4 Å². The van der Waals surface area contributed by atoms with Crippen molar-refractivity contribution in [2.45, 2.75) is 11.9 Å². The number of aromatic nitrogens is 2. The summed E-state index contributed by atoms with van der Waals surface area (Å²) in [6, 6.07) is 2.00. The summed E-state index contributed by atoms with van der Waals surface area (Å²) in [6.45, 7) is 1.99. The molecule has 0 unspecified atom stereocenters. The van der Waals surface area contributed by atoms with Crippen molar-refractivity contribution in [3.63, 3.8) is 0 Å². The molecule has 0 atom stereocenters. The fourth-order valence-electron chi connectivity index (χ4n) is 0.669. The Bertz CT molecular complexity index is 321.